The Morgan fingerprint density at radius 2 is 2.24 bits per heavy atom. The minimum Gasteiger partial charge on any atom is -0.468 e. The highest BCUT2D eigenvalue weighted by Crippen LogP contribution is 2.12. The summed E-state index contributed by atoms with van der Waals surface area (Å²) in [5.41, 5.74) is 0.464. The lowest BCUT2D eigenvalue weighted by atomic mass is 10.1. The molecule has 1 unspecified atom stereocenters. The zero-order chi connectivity index (χ0) is 15.6. The lowest BCUT2D eigenvalue weighted by Gasteiger charge is -2.18. The van der Waals surface area contributed by atoms with Gasteiger partial charge in [-0.05, 0) is 12.8 Å². The maximum atomic E-state index is 11.8. The summed E-state index contributed by atoms with van der Waals surface area (Å²) in [6, 6.07) is 1.03. The third kappa shape index (κ3) is 3.45. The molecule has 8 heteroatoms. The quantitative estimate of drug-likeness (QED) is 0.820. The highest BCUT2D eigenvalue weighted by Gasteiger charge is 2.22. The average molecular weight is 310 g/mol. The summed E-state index contributed by atoms with van der Waals surface area (Å²) in [5, 5.41) is 8.02. The van der Waals surface area contributed by atoms with E-state index in [1.807, 2.05) is 13.8 Å². The molecular weight excluding hydrogens is 292 g/mol. The van der Waals surface area contributed by atoms with E-state index in [1.54, 1.807) is 6.92 Å². The van der Waals surface area contributed by atoms with Gasteiger partial charge in [0.15, 0.2) is 0 Å². The van der Waals surface area contributed by atoms with Gasteiger partial charge >= 0.3 is 5.97 Å². The van der Waals surface area contributed by atoms with Gasteiger partial charge in [-0.15, -0.1) is 0 Å². The first kappa shape index (κ1) is 15.6. The molecule has 0 amide bonds. The van der Waals surface area contributed by atoms with Crippen LogP contribution in [0.5, 0.6) is 0 Å². The normalized spacial score (nSPS) is 12.8. The van der Waals surface area contributed by atoms with Crippen LogP contribution < -0.4 is 10.9 Å². The maximum absolute atomic E-state index is 11.8. The second-order valence-electron chi connectivity index (χ2n) is 5.05. The molecule has 0 saturated heterocycles. The van der Waals surface area contributed by atoms with Crippen molar-refractivity contribution >= 4 is 22.3 Å². The largest absolute Gasteiger partial charge is 0.468 e. The molecule has 0 spiro atoms. The number of hydrogen-bond acceptors (Lipinski definition) is 7. The van der Waals surface area contributed by atoms with Crippen LogP contribution in [-0.4, -0.2) is 33.7 Å². The number of aryl methyl sites for hydroxylation is 1. The molecule has 1 N–H and O–H groups in total. The average Bonchev–Trinajstić information content (AvgIpc) is 2.81. The number of ether oxygens (including phenoxy) is 1. The predicted octanol–water partition coefficient (Wildman–Crippen LogP) is 0.747. The lowest BCUT2D eigenvalue weighted by Crippen LogP contribution is -2.41. The topological polar surface area (TPSA) is 85.6 Å². The van der Waals surface area contributed by atoms with Crippen molar-refractivity contribution in [3.05, 3.63) is 27.1 Å². The van der Waals surface area contributed by atoms with E-state index in [9.17, 15) is 9.59 Å². The number of nitrogens with zero attached hydrogens (tertiary/aromatic N) is 3. The zero-order valence-electron chi connectivity index (χ0n) is 12.4. The molecule has 2 aromatic heterocycles. The Morgan fingerprint density at radius 1 is 1.52 bits per heavy atom. The predicted molar refractivity (Wildman–Crippen MR) is 79.4 cm³/mol. The molecule has 2 heterocycles. The highest BCUT2D eigenvalue weighted by molar-refractivity contribution is 7.16. The van der Waals surface area contributed by atoms with Crippen molar-refractivity contribution < 1.29 is 9.53 Å². The summed E-state index contributed by atoms with van der Waals surface area (Å²) < 4.78 is 6.04. The minimum atomic E-state index is -0.409. The van der Waals surface area contributed by atoms with Gasteiger partial charge in [0.1, 0.15) is 11.0 Å². The Hall–Kier alpha value is -1.80. The van der Waals surface area contributed by atoms with Gasteiger partial charge in [-0.3, -0.25) is 14.9 Å². The van der Waals surface area contributed by atoms with Crippen molar-refractivity contribution in [3.8, 4) is 0 Å². The van der Waals surface area contributed by atoms with Crippen LogP contribution in [-0.2, 0) is 16.1 Å². The number of aromatic nitrogens is 3. The standard InChI is InChI=1S/C13H18N4O3S/c1-7(2)11(12(19)20-4)14-6-9-16-17-10(18)5-8(3)15-13(17)21-9/h5,7,11,14H,6H2,1-4H3. The third-order valence-corrected chi connectivity index (χ3v) is 3.92. The van der Waals surface area contributed by atoms with Crippen LogP contribution in [0.4, 0.5) is 0 Å². The first-order valence-corrected chi connectivity index (χ1v) is 7.41. The molecule has 2 rings (SSSR count). The second-order valence-corrected chi connectivity index (χ2v) is 6.09. The molecule has 7 nitrogen and oxygen atoms in total. The number of fused-ring (bicyclic) bond motifs is 1. The second kappa shape index (κ2) is 6.31. The van der Waals surface area contributed by atoms with Crippen molar-refractivity contribution in [2.24, 2.45) is 5.92 Å². The number of hydrogen-bond donors (Lipinski definition) is 1. The Labute approximate surface area is 126 Å². The van der Waals surface area contributed by atoms with Crippen molar-refractivity contribution in [2.75, 3.05) is 7.11 Å². The molecule has 0 bridgehead atoms. The lowest BCUT2D eigenvalue weighted by molar-refractivity contribution is -0.144. The number of carbonyl (C=O) groups is 1. The van der Waals surface area contributed by atoms with E-state index in [4.69, 9.17) is 4.74 Å². The Bertz CT molecular complexity index is 707. The Morgan fingerprint density at radius 3 is 2.86 bits per heavy atom. The number of carbonyl (C=O) groups excluding carboxylic acids is 1. The number of nitrogens with one attached hydrogen (secondary N) is 1. The minimum absolute atomic E-state index is 0.0925. The number of methoxy groups -OCH3 is 1. The van der Waals surface area contributed by atoms with Gasteiger partial charge in [0, 0.05) is 11.8 Å². The fourth-order valence-corrected chi connectivity index (χ4v) is 2.84. The van der Waals surface area contributed by atoms with Gasteiger partial charge in [-0.2, -0.15) is 9.61 Å². The molecule has 0 radical (unpaired) electrons. The summed E-state index contributed by atoms with van der Waals surface area (Å²) in [7, 11) is 1.36. The van der Waals surface area contributed by atoms with Crippen molar-refractivity contribution in [1.29, 1.82) is 0 Å². The molecule has 0 aliphatic carbocycles. The van der Waals surface area contributed by atoms with E-state index < -0.39 is 6.04 Å². The Balaban J connectivity index is 2.18. The summed E-state index contributed by atoms with van der Waals surface area (Å²) in [4.78, 5) is 28.3. The van der Waals surface area contributed by atoms with E-state index in [0.29, 0.717) is 22.2 Å². The van der Waals surface area contributed by atoms with Crippen LogP contribution in [0.2, 0.25) is 0 Å². The van der Waals surface area contributed by atoms with E-state index >= 15 is 0 Å². The van der Waals surface area contributed by atoms with Gasteiger partial charge in [0.05, 0.1) is 13.7 Å². The summed E-state index contributed by atoms with van der Waals surface area (Å²) in [6.07, 6.45) is 0. The third-order valence-electron chi connectivity index (χ3n) is 3.01. The fourth-order valence-electron chi connectivity index (χ4n) is 1.95. The van der Waals surface area contributed by atoms with Crippen LogP contribution in [0.25, 0.3) is 4.96 Å². The number of esters is 1. The summed E-state index contributed by atoms with van der Waals surface area (Å²) in [6.45, 7) is 6.01. The molecular formula is C13H18N4O3S. The van der Waals surface area contributed by atoms with Crippen molar-refractivity contribution in [1.82, 2.24) is 19.9 Å². The van der Waals surface area contributed by atoms with Crippen LogP contribution in [0.15, 0.2) is 10.9 Å². The van der Waals surface area contributed by atoms with Gasteiger partial charge < -0.3 is 4.74 Å². The van der Waals surface area contributed by atoms with Crippen LogP contribution in [0, 0.1) is 12.8 Å². The maximum Gasteiger partial charge on any atom is 0.323 e. The summed E-state index contributed by atoms with van der Waals surface area (Å²) >= 11 is 1.32. The Kier molecular flexibility index (Phi) is 4.69. The van der Waals surface area contributed by atoms with Gasteiger partial charge in [0.25, 0.3) is 5.56 Å². The molecule has 2 aromatic rings. The first-order chi connectivity index (χ1) is 9.92. The SMILES string of the molecule is COC(=O)C(NCc1nn2c(=O)cc(C)nc2s1)C(C)C. The van der Waals surface area contributed by atoms with Crippen molar-refractivity contribution in [2.45, 2.75) is 33.4 Å². The molecule has 0 saturated carbocycles. The molecule has 0 fully saturated rings. The zero-order valence-corrected chi connectivity index (χ0v) is 13.2. The van der Waals surface area contributed by atoms with Gasteiger partial charge in [0.2, 0.25) is 4.96 Å². The number of rotatable bonds is 5. The molecule has 114 valence electrons. The molecule has 21 heavy (non-hydrogen) atoms. The fraction of sp³-hybridized carbons (Fsp3) is 0.538. The summed E-state index contributed by atoms with van der Waals surface area (Å²) in [5.74, 6) is -0.216. The van der Waals surface area contributed by atoms with E-state index in [2.05, 4.69) is 15.4 Å². The van der Waals surface area contributed by atoms with E-state index in [0.717, 1.165) is 0 Å². The van der Waals surface area contributed by atoms with E-state index in [-0.39, 0.29) is 17.4 Å². The van der Waals surface area contributed by atoms with Gasteiger partial charge in [-0.1, -0.05) is 25.2 Å². The van der Waals surface area contributed by atoms with Crippen LogP contribution >= 0.6 is 11.3 Å². The van der Waals surface area contributed by atoms with E-state index in [1.165, 1.54) is 29.0 Å². The molecule has 0 aliphatic heterocycles. The monoisotopic (exact) mass is 310 g/mol. The first-order valence-electron chi connectivity index (χ1n) is 6.60. The van der Waals surface area contributed by atoms with Crippen molar-refractivity contribution in [3.63, 3.8) is 0 Å². The molecule has 0 aromatic carbocycles. The molecule has 1 atom stereocenters. The van der Waals surface area contributed by atoms with Crippen LogP contribution in [0.1, 0.15) is 24.5 Å². The molecule has 0 aliphatic rings. The smallest absolute Gasteiger partial charge is 0.323 e. The highest BCUT2D eigenvalue weighted by atomic mass is 32.1. The van der Waals surface area contributed by atoms with Gasteiger partial charge in [-0.25, -0.2) is 4.98 Å². The van der Waals surface area contributed by atoms with Crippen LogP contribution in [0.3, 0.4) is 0 Å².